The molecule has 436 valence electrons. The quantitative estimate of drug-likeness (QED) is 0.0197. The number of allylic oxidation sites excluding steroid dienone is 4. The van der Waals surface area contributed by atoms with Gasteiger partial charge in [0.15, 0.2) is 6.10 Å². The first kappa shape index (κ1) is 72.0. The Bertz CT molecular complexity index is 1340. The molecular formula is C62H117O11P. The summed E-state index contributed by atoms with van der Waals surface area (Å²) in [6.07, 6.45) is 58.6. The van der Waals surface area contributed by atoms with Crippen molar-refractivity contribution < 1.29 is 52.2 Å². The standard InChI is InChI=1S/C62H117O11P/c1-4-7-10-13-16-19-21-23-25-27-29-31-33-35-37-40-42-45-48-51-60(64)69-55-59(57-71-74(67,68)70-56-58(54-63)72-61(65)52-49-46-43-39-18-15-12-9-6-3)73-62(66)53-50-47-44-41-38-36-34-32-30-28-26-24-22-20-17-14-11-8-5-2/h16,19,23,25,58-59,63H,4-15,17-18,20-22,24,26-57H2,1-3H3,(H,67,68)/b19-16-,25-23-. The first-order valence-electron chi connectivity index (χ1n) is 31.2. The van der Waals surface area contributed by atoms with Crippen molar-refractivity contribution in [2.45, 2.75) is 328 Å². The van der Waals surface area contributed by atoms with Gasteiger partial charge in [-0.25, -0.2) is 4.57 Å². The third-order valence-corrected chi connectivity index (χ3v) is 14.8. The molecule has 0 aromatic heterocycles. The van der Waals surface area contributed by atoms with Crippen molar-refractivity contribution in [1.82, 2.24) is 0 Å². The van der Waals surface area contributed by atoms with Crippen molar-refractivity contribution in [1.29, 1.82) is 0 Å². The van der Waals surface area contributed by atoms with Crippen molar-refractivity contribution in [3.8, 4) is 0 Å². The van der Waals surface area contributed by atoms with Gasteiger partial charge in [0.1, 0.15) is 12.7 Å². The summed E-state index contributed by atoms with van der Waals surface area (Å²) in [7, 11) is -4.74. The zero-order valence-corrected chi connectivity index (χ0v) is 49.2. The van der Waals surface area contributed by atoms with Crippen LogP contribution in [-0.2, 0) is 42.2 Å². The normalized spacial score (nSPS) is 13.4. The van der Waals surface area contributed by atoms with Gasteiger partial charge in [0.05, 0.1) is 19.8 Å². The molecule has 0 saturated heterocycles. The number of rotatable bonds is 59. The molecule has 3 unspecified atom stereocenters. The van der Waals surface area contributed by atoms with E-state index in [2.05, 4.69) is 45.1 Å². The fourth-order valence-electron chi connectivity index (χ4n) is 9.10. The number of ether oxygens (including phenoxy) is 3. The molecule has 0 rings (SSSR count). The predicted octanol–water partition coefficient (Wildman–Crippen LogP) is 18.6. The van der Waals surface area contributed by atoms with Crippen molar-refractivity contribution in [2.24, 2.45) is 0 Å². The van der Waals surface area contributed by atoms with E-state index >= 15 is 0 Å². The molecule has 0 aromatic rings. The van der Waals surface area contributed by atoms with Gasteiger partial charge in [0, 0.05) is 19.3 Å². The van der Waals surface area contributed by atoms with E-state index in [0.717, 1.165) is 70.6 Å². The van der Waals surface area contributed by atoms with Crippen LogP contribution in [0.4, 0.5) is 0 Å². The van der Waals surface area contributed by atoms with Gasteiger partial charge in [-0.2, -0.15) is 0 Å². The van der Waals surface area contributed by atoms with Gasteiger partial charge in [-0.15, -0.1) is 0 Å². The molecule has 3 atom stereocenters. The van der Waals surface area contributed by atoms with Crippen LogP contribution in [0, 0.1) is 0 Å². The SMILES string of the molecule is CCCCC/C=C\C/C=C\CCCCCCCCCCCC(=O)OCC(COP(=O)(O)OCC(CO)OC(=O)CCCCCCCCCCC)OC(=O)CCCCCCCCCCCCCCCCCCCCC. The molecule has 0 spiro atoms. The van der Waals surface area contributed by atoms with Crippen LogP contribution in [0.5, 0.6) is 0 Å². The van der Waals surface area contributed by atoms with E-state index in [4.69, 9.17) is 23.3 Å². The lowest BCUT2D eigenvalue weighted by molar-refractivity contribution is -0.161. The molecule has 11 nitrogen and oxygen atoms in total. The number of phosphoric ester groups is 1. The highest BCUT2D eigenvalue weighted by molar-refractivity contribution is 7.47. The summed E-state index contributed by atoms with van der Waals surface area (Å²) in [5, 5.41) is 9.79. The molecule has 0 aromatic carbocycles. The summed E-state index contributed by atoms with van der Waals surface area (Å²) in [5.41, 5.74) is 0. The second-order valence-electron chi connectivity index (χ2n) is 21.2. The number of phosphoric acid groups is 1. The smallest absolute Gasteiger partial charge is 0.462 e. The van der Waals surface area contributed by atoms with E-state index in [9.17, 15) is 28.9 Å². The average molecular weight is 1070 g/mol. The lowest BCUT2D eigenvalue weighted by atomic mass is 10.0. The number of hydrogen-bond acceptors (Lipinski definition) is 10. The number of esters is 3. The predicted molar refractivity (Wildman–Crippen MR) is 307 cm³/mol. The van der Waals surface area contributed by atoms with E-state index in [1.54, 1.807) is 0 Å². The molecule has 0 amide bonds. The highest BCUT2D eigenvalue weighted by Gasteiger charge is 2.28. The Morgan fingerprint density at radius 1 is 0.378 bits per heavy atom. The molecule has 0 aliphatic rings. The highest BCUT2D eigenvalue weighted by atomic mass is 31.2. The molecule has 12 heteroatoms. The fraction of sp³-hybridized carbons (Fsp3) is 0.887. The number of carbonyl (C=O) groups excluding carboxylic acids is 3. The Kier molecular flexibility index (Phi) is 55.6. The first-order valence-corrected chi connectivity index (χ1v) is 32.7. The van der Waals surface area contributed by atoms with Crippen LogP contribution in [-0.4, -0.2) is 66.5 Å². The molecule has 0 bridgehead atoms. The second kappa shape index (κ2) is 57.1. The molecule has 0 fully saturated rings. The van der Waals surface area contributed by atoms with Crippen LogP contribution in [0.15, 0.2) is 24.3 Å². The summed E-state index contributed by atoms with van der Waals surface area (Å²) in [6, 6.07) is 0. The number of unbranched alkanes of at least 4 members (excludes halogenated alkanes) is 38. The van der Waals surface area contributed by atoms with Gasteiger partial charge < -0.3 is 24.2 Å². The molecular weight excluding hydrogens is 952 g/mol. The van der Waals surface area contributed by atoms with Gasteiger partial charge in [-0.05, 0) is 51.4 Å². The maximum Gasteiger partial charge on any atom is 0.472 e. The fourth-order valence-corrected chi connectivity index (χ4v) is 9.88. The minimum absolute atomic E-state index is 0.174. The topological polar surface area (TPSA) is 155 Å². The first-order chi connectivity index (χ1) is 36.2. The number of carbonyl (C=O) groups is 3. The molecule has 0 heterocycles. The Labute approximate surface area is 455 Å². The summed E-state index contributed by atoms with van der Waals surface area (Å²) in [4.78, 5) is 48.6. The largest absolute Gasteiger partial charge is 0.472 e. The summed E-state index contributed by atoms with van der Waals surface area (Å²) in [6.45, 7) is 4.66. The van der Waals surface area contributed by atoms with Crippen LogP contribution in [0.3, 0.4) is 0 Å². The molecule has 74 heavy (non-hydrogen) atoms. The van der Waals surface area contributed by atoms with E-state index in [1.165, 1.54) is 186 Å². The van der Waals surface area contributed by atoms with Gasteiger partial charge in [-0.1, -0.05) is 270 Å². The Balaban J connectivity index is 4.63. The molecule has 0 saturated carbocycles. The lowest BCUT2D eigenvalue weighted by Crippen LogP contribution is -2.30. The monoisotopic (exact) mass is 1070 g/mol. The third-order valence-electron chi connectivity index (χ3n) is 13.9. The van der Waals surface area contributed by atoms with Crippen molar-refractivity contribution in [3.05, 3.63) is 24.3 Å². The molecule has 0 aliphatic carbocycles. The van der Waals surface area contributed by atoms with Crippen molar-refractivity contribution >= 4 is 25.7 Å². The van der Waals surface area contributed by atoms with Crippen LogP contribution >= 0.6 is 7.82 Å². The number of hydrogen-bond donors (Lipinski definition) is 2. The van der Waals surface area contributed by atoms with E-state index in [1.807, 2.05) is 0 Å². The lowest BCUT2D eigenvalue weighted by Gasteiger charge is -2.21. The van der Waals surface area contributed by atoms with Crippen LogP contribution in [0.2, 0.25) is 0 Å². The Morgan fingerprint density at radius 3 is 1.03 bits per heavy atom. The average Bonchev–Trinajstić information content (AvgIpc) is 3.39. The van der Waals surface area contributed by atoms with Crippen molar-refractivity contribution in [3.63, 3.8) is 0 Å². The second-order valence-corrected chi connectivity index (χ2v) is 22.7. The van der Waals surface area contributed by atoms with Crippen LogP contribution < -0.4 is 0 Å². The van der Waals surface area contributed by atoms with E-state index in [0.29, 0.717) is 19.3 Å². The zero-order valence-electron chi connectivity index (χ0n) is 48.3. The summed E-state index contributed by atoms with van der Waals surface area (Å²) in [5.74, 6) is -1.44. The highest BCUT2D eigenvalue weighted by Crippen LogP contribution is 2.43. The third kappa shape index (κ3) is 54.7. The Morgan fingerprint density at radius 2 is 0.662 bits per heavy atom. The minimum atomic E-state index is -4.74. The molecule has 2 N–H and O–H groups in total. The molecule has 0 radical (unpaired) electrons. The van der Waals surface area contributed by atoms with Crippen molar-refractivity contribution in [2.75, 3.05) is 26.4 Å². The van der Waals surface area contributed by atoms with Crippen LogP contribution in [0.1, 0.15) is 316 Å². The summed E-state index contributed by atoms with van der Waals surface area (Å²) >= 11 is 0. The van der Waals surface area contributed by atoms with Gasteiger partial charge in [-0.3, -0.25) is 23.4 Å². The molecule has 0 aliphatic heterocycles. The minimum Gasteiger partial charge on any atom is -0.462 e. The maximum atomic E-state index is 12.9. The van der Waals surface area contributed by atoms with Gasteiger partial charge in [0.2, 0.25) is 0 Å². The van der Waals surface area contributed by atoms with E-state index in [-0.39, 0.29) is 25.9 Å². The maximum absolute atomic E-state index is 12.9. The van der Waals surface area contributed by atoms with E-state index < -0.39 is 57.8 Å². The zero-order chi connectivity index (χ0) is 54.1. The van der Waals surface area contributed by atoms with Gasteiger partial charge >= 0.3 is 25.7 Å². The van der Waals surface area contributed by atoms with Crippen LogP contribution in [0.25, 0.3) is 0 Å². The van der Waals surface area contributed by atoms with Gasteiger partial charge in [0.25, 0.3) is 0 Å². The number of aliphatic hydroxyl groups is 1. The number of aliphatic hydroxyl groups excluding tert-OH is 1. The summed E-state index contributed by atoms with van der Waals surface area (Å²) < 4.78 is 39.6. The Hall–Kier alpha value is -2.04.